The Labute approximate surface area is 174 Å². The Hall–Kier alpha value is -2.60. The van der Waals surface area contributed by atoms with Gasteiger partial charge in [-0.05, 0) is 56.7 Å². The van der Waals surface area contributed by atoms with Crippen LogP contribution in [0.2, 0.25) is 0 Å². The molecule has 0 atom stereocenters. The Morgan fingerprint density at radius 3 is 2.83 bits per heavy atom. The summed E-state index contributed by atoms with van der Waals surface area (Å²) < 4.78 is 5.60. The third kappa shape index (κ3) is 3.81. The second kappa shape index (κ2) is 8.41. The molecule has 1 aliphatic rings. The minimum atomic E-state index is -0.0839. The van der Waals surface area contributed by atoms with Crippen LogP contribution in [0.5, 0.6) is 11.5 Å². The average molecular weight is 411 g/mol. The lowest BCUT2D eigenvalue weighted by molar-refractivity contribution is 0.317. The van der Waals surface area contributed by atoms with Crippen LogP contribution < -0.4 is 10.3 Å². The highest BCUT2D eigenvalue weighted by atomic mass is 32.1. The maximum atomic E-state index is 13.0. The molecule has 152 valence electrons. The van der Waals surface area contributed by atoms with Gasteiger partial charge in [0.15, 0.2) is 11.5 Å². The fourth-order valence-electron chi connectivity index (χ4n) is 4.03. The maximum Gasteiger partial charge on any atom is 0.260 e. The van der Waals surface area contributed by atoms with E-state index < -0.39 is 0 Å². The van der Waals surface area contributed by atoms with Gasteiger partial charge in [0, 0.05) is 16.0 Å². The quantitative estimate of drug-likeness (QED) is 0.571. The molecule has 0 fully saturated rings. The van der Waals surface area contributed by atoms with Crippen molar-refractivity contribution in [1.82, 2.24) is 9.97 Å². The lowest BCUT2D eigenvalue weighted by Gasteiger charge is -2.12. The van der Waals surface area contributed by atoms with Crippen molar-refractivity contribution in [2.75, 3.05) is 6.61 Å². The van der Waals surface area contributed by atoms with Crippen molar-refractivity contribution in [2.24, 2.45) is 0 Å². The van der Waals surface area contributed by atoms with Gasteiger partial charge in [0.25, 0.3) is 5.56 Å². The number of ether oxygens (including phenoxy) is 1. The van der Waals surface area contributed by atoms with Crippen molar-refractivity contribution in [2.45, 2.75) is 51.9 Å². The van der Waals surface area contributed by atoms with E-state index in [-0.39, 0.29) is 11.3 Å². The number of benzene rings is 1. The van der Waals surface area contributed by atoms with Crippen LogP contribution in [0.3, 0.4) is 0 Å². The van der Waals surface area contributed by atoms with Gasteiger partial charge < -0.3 is 14.8 Å². The van der Waals surface area contributed by atoms with Crippen molar-refractivity contribution in [3.8, 4) is 22.9 Å². The zero-order valence-corrected chi connectivity index (χ0v) is 17.5. The van der Waals surface area contributed by atoms with E-state index in [1.165, 1.54) is 29.7 Å². The Morgan fingerprint density at radius 1 is 1.28 bits per heavy atom. The molecule has 0 spiro atoms. The first-order chi connectivity index (χ1) is 14.1. The zero-order valence-electron chi connectivity index (χ0n) is 16.7. The number of rotatable bonds is 5. The van der Waals surface area contributed by atoms with Crippen LogP contribution in [-0.2, 0) is 19.3 Å². The van der Waals surface area contributed by atoms with Crippen LogP contribution in [0.25, 0.3) is 21.6 Å². The van der Waals surface area contributed by atoms with Crippen molar-refractivity contribution >= 4 is 21.6 Å². The van der Waals surface area contributed by atoms with E-state index >= 15 is 0 Å². The van der Waals surface area contributed by atoms with E-state index in [2.05, 4.69) is 11.6 Å². The summed E-state index contributed by atoms with van der Waals surface area (Å²) in [4.78, 5) is 22.9. The number of allylic oxidation sites excluding steroid dienone is 1. The number of aromatic nitrogens is 2. The van der Waals surface area contributed by atoms with Gasteiger partial charge in [-0.2, -0.15) is 0 Å². The molecule has 29 heavy (non-hydrogen) atoms. The van der Waals surface area contributed by atoms with Crippen molar-refractivity contribution in [1.29, 1.82) is 0 Å². The Balaban J connectivity index is 1.86. The molecule has 0 radical (unpaired) electrons. The van der Waals surface area contributed by atoms with Crippen LogP contribution in [-0.4, -0.2) is 21.7 Å². The molecule has 0 saturated heterocycles. The highest BCUT2D eigenvalue weighted by molar-refractivity contribution is 7.18. The second-order valence-corrected chi connectivity index (χ2v) is 8.50. The summed E-state index contributed by atoms with van der Waals surface area (Å²) in [6.45, 7) is 6.06. The molecule has 2 N–H and O–H groups in total. The third-order valence-electron chi connectivity index (χ3n) is 5.42. The standard InChI is InChI=1S/C23H26N2O3S/c1-3-9-14-12-15(13-17(20(14)26)28-4-2)21-24-22(27)19-16-10-7-5-6-8-11-18(16)29-23(19)25-21/h3,12-13,26H,1,4-11H2,2H3,(H,24,25,27). The monoisotopic (exact) mass is 410 g/mol. The molecular weight excluding hydrogens is 384 g/mol. The highest BCUT2D eigenvalue weighted by Crippen LogP contribution is 2.37. The summed E-state index contributed by atoms with van der Waals surface area (Å²) in [5, 5.41) is 11.2. The number of aromatic amines is 1. The number of hydrogen-bond donors (Lipinski definition) is 2. The molecule has 0 aliphatic heterocycles. The van der Waals surface area contributed by atoms with Gasteiger partial charge in [-0.15, -0.1) is 17.9 Å². The van der Waals surface area contributed by atoms with E-state index in [9.17, 15) is 9.90 Å². The predicted octanol–water partition coefficient (Wildman–Crippen LogP) is 5.14. The molecule has 4 rings (SSSR count). The van der Waals surface area contributed by atoms with Crippen LogP contribution in [0.1, 0.15) is 48.6 Å². The normalized spacial score (nSPS) is 14.2. The van der Waals surface area contributed by atoms with E-state index in [4.69, 9.17) is 9.72 Å². The summed E-state index contributed by atoms with van der Waals surface area (Å²) in [5.74, 6) is 1.00. The first kappa shape index (κ1) is 19.7. The number of fused-ring (bicyclic) bond motifs is 3. The number of thiophene rings is 1. The number of nitrogens with one attached hydrogen (secondary N) is 1. The molecular formula is C23H26N2O3S. The lowest BCUT2D eigenvalue weighted by atomic mass is 9.98. The summed E-state index contributed by atoms with van der Waals surface area (Å²) in [7, 11) is 0. The molecule has 5 nitrogen and oxygen atoms in total. The van der Waals surface area contributed by atoms with Gasteiger partial charge in [0.1, 0.15) is 10.7 Å². The molecule has 1 aromatic carbocycles. The smallest absolute Gasteiger partial charge is 0.260 e. The highest BCUT2D eigenvalue weighted by Gasteiger charge is 2.20. The Kier molecular flexibility index (Phi) is 5.72. The first-order valence-corrected chi connectivity index (χ1v) is 11.1. The summed E-state index contributed by atoms with van der Waals surface area (Å²) in [6, 6.07) is 3.58. The fourth-order valence-corrected chi connectivity index (χ4v) is 5.30. The third-order valence-corrected chi connectivity index (χ3v) is 6.60. The molecule has 6 heteroatoms. The number of aryl methyl sites for hydroxylation is 2. The molecule has 2 heterocycles. The molecule has 0 bridgehead atoms. The predicted molar refractivity (Wildman–Crippen MR) is 118 cm³/mol. The molecule has 1 aliphatic carbocycles. The number of phenols is 1. The summed E-state index contributed by atoms with van der Waals surface area (Å²) in [5.41, 5.74) is 2.53. The fraction of sp³-hybridized carbons (Fsp3) is 0.391. The summed E-state index contributed by atoms with van der Waals surface area (Å²) in [6.07, 6.45) is 8.99. The second-order valence-electron chi connectivity index (χ2n) is 7.42. The Morgan fingerprint density at radius 2 is 2.07 bits per heavy atom. The number of H-pyrrole nitrogens is 1. The van der Waals surface area contributed by atoms with Gasteiger partial charge in [-0.3, -0.25) is 4.79 Å². The van der Waals surface area contributed by atoms with Crippen LogP contribution in [0, 0.1) is 0 Å². The largest absolute Gasteiger partial charge is 0.504 e. The van der Waals surface area contributed by atoms with Crippen LogP contribution >= 0.6 is 11.3 Å². The minimum Gasteiger partial charge on any atom is -0.504 e. The zero-order chi connectivity index (χ0) is 20.4. The van der Waals surface area contributed by atoms with Gasteiger partial charge in [0.05, 0.1) is 12.0 Å². The molecule has 2 aromatic heterocycles. The van der Waals surface area contributed by atoms with Crippen molar-refractivity contribution < 1.29 is 9.84 Å². The first-order valence-electron chi connectivity index (χ1n) is 10.3. The van der Waals surface area contributed by atoms with Crippen molar-refractivity contribution in [3.63, 3.8) is 0 Å². The number of phenolic OH excluding ortho intramolecular Hbond substituents is 1. The number of hydrogen-bond acceptors (Lipinski definition) is 5. The van der Waals surface area contributed by atoms with Crippen LogP contribution in [0.4, 0.5) is 0 Å². The topological polar surface area (TPSA) is 75.2 Å². The summed E-state index contributed by atoms with van der Waals surface area (Å²) >= 11 is 1.65. The average Bonchev–Trinajstić information content (AvgIpc) is 3.02. The van der Waals surface area contributed by atoms with E-state index in [1.54, 1.807) is 23.5 Å². The van der Waals surface area contributed by atoms with E-state index in [0.29, 0.717) is 30.2 Å². The number of aromatic hydroxyl groups is 1. The van der Waals surface area contributed by atoms with Gasteiger partial charge in [0.2, 0.25) is 0 Å². The van der Waals surface area contributed by atoms with E-state index in [0.717, 1.165) is 35.0 Å². The SMILES string of the molecule is C=CCc1cc(-c2nc3sc4c(c3c(=O)[nH]2)CCCCCC4)cc(OCC)c1O. The maximum absolute atomic E-state index is 13.0. The molecule has 0 amide bonds. The molecule has 0 saturated carbocycles. The van der Waals surface area contributed by atoms with Crippen molar-refractivity contribution in [3.05, 3.63) is 51.1 Å². The van der Waals surface area contributed by atoms with Gasteiger partial charge >= 0.3 is 0 Å². The lowest BCUT2D eigenvalue weighted by Crippen LogP contribution is -2.11. The number of nitrogens with zero attached hydrogens (tertiary/aromatic N) is 1. The molecule has 3 aromatic rings. The van der Waals surface area contributed by atoms with Gasteiger partial charge in [-0.1, -0.05) is 18.9 Å². The van der Waals surface area contributed by atoms with Crippen LogP contribution in [0.15, 0.2) is 29.6 Å². The van der Waals surface area contributed by atoms with Gasteiger partial charge in [-0.25, -0.2) is 4.98 Å². The molecule has 0 unspecified atom stereocenters. The minimum absolute atomic E-state index is 0.0839. The Bertz CT molecular complexity index is 1110. The van der Waals surface area contributed by atoms with E-state index in [1.807, 2.05) is 13.0 Å².